The van der Waals surface area contributed by atoms with Crippen molar-refractivity contribution in [1.29, 1.82) is 0 Å². The van der Waals surface area contributed by atoms with E-state index in [-0.39, 0.29) is 41.0 Å². The zero-order chi connectivity index (χ0) is 26.4. The van der Waals surface area contributed by atoms with Gasteiger partial charge in [-0.25, -0.2) is 4.79 Å². The minimum Gasteiger partial charge on any atom is -0.452 e. The monoisotopic (exact) mass is 528 g/mol. The maximum atomic E-state index is 13.5. The first kappa shape index (κ1) is 24.4. The van der Waals surface area contributed by atoms with E-state index >= 15 is 0 Å². The fourth-order valence-electron chi connectivity index (χ4n) is 6.51. The predicted octanol–water partition coefficient (Wildman–Crippen LogP) is 5.06. The van der Waals surface area contributed by atoms with Gasteiger partial charge in [0, 0.05) is 0 Å². The van der Waals surface area contributed by atoms with E-state index in [4.69, 9.17) is 16.3 Å². The van der Waals surface area contributed by atoms with Crippen LogP contribution in [0.3, 0.4) is 0 Å². The Morgan fingerprint density at radius 2 is 1.55 bits per heavy atom. The molecule has 1 N–H and O–H groups in total. The third-order valence-corrected chi connectivity index (χ3v) is 8.42. The highest BCUT2D eigenvalue weighted by molar-refractivity contribution is 6.33. The highest BCUT2D eigenvalue weighted by atomic mass is 35.5. The largest absolute Gasteiger partial charge is 0.452 e. The first-order valence-corrected chi connectivity index (χ1v) is 13.0. The van der Waals surface area contributed by atoms with Gasteiger partial charge >= 0.3 is 5.97 Å². The number of nitrogens with one attached hydrogen (secondary N) is 1. The summed E-state index contributed by atoms with van der Waals surface area (Å²) in [6.45, 7) is -0.483. The van der Waals surface area contributed by atoms with Crippen LogP contribution in [-0.2, 0) is 19.1 Å². The molecule has 3 fully saturated rings. The molecule has 6 rings (SSSR count). The van der Waals surface area contributed by atoms with Crippen LogP contribution in [0.2, 0.25) is 5.02 Å². The van der Waals surface area contributed by atoms with Crippen molar-refractivity contribution < 1.29 is 23.9 Å². The first-order valence-electron chi connectivity index (χ1n) is 12.7. The molecule has 2 bridgehead atoms. The molecule has 7 nitrogen and oxygen atoms in total. The van der Waals surface area contributed by atoms with Gasteiger partial charge in [0.2, 0.25) is 11.8 Å². The molecule has 1 heterocycles. The van der Waals surface area contributed by atoms with Crippen molar-refractivity contribution in [2.24, 2.45) is 23.7 Å². The molecular formula is C30H25ClN2O5. The number of carbonyl (C=O) groups excluding carboxylic acids is 4. The van der Waals surface area contributed by atoms with Crippen LogP contribution in [0.15, 0.2) is 78.9 Å². The van der Waals surface area contributed by atoms with Crippen molar-refractivity contribution >= 4 is 46.7 Å². The summed E-state index contributed by atoms with van der Waals surface area (Å²) in [4.78, 5) is 52.8. The van der Waals surface area contributed by atoms with Crippen LogP contribution in [0, 0.1) is 23.7 Å². The van der Waals surface area contributed by atoms with Crippen LogP contribution in [0.4, 0.5) is 11.4 Å². The Labute approximate surface area is 224 Å². The Bertz CT molecular complexity index is 1420. The van der Waals surface area contributed by atoms with E-state index < -0.39 is 18.5 Å². The first-order chi connectivity index (χ1) is 18.4. The molecule has 0 spiro atoms. The van der Waals surface area contributed by atoms with Gasteiger partial charge < -0.3 is 10.1 Å². The average molecular weight is 529 g/mol. The van der Waals surface area contributed by atoms with Gasteiger partial charge in [-0.05, 0) is 72.6 Å². The second-order valence-electron chi connectivity index (χ2n) is 10.1. The van der Waals surface area contributed by atoms with Crippen LogP contribution in [-0.4, -0.2) is 30.3 Å². The molecule has 192 valence electrons. The summed E-state index contributed by atoms with van der Waals surface area (Å²) in [7, 11) is 0. The second-order valence-corrected chi connectivity index (χ2v) is 10.5. The molecule has 3 aromatic rings. The number of rotatable bonds is 6. The molecule has 3 aliphatic rings. The summed E-state index contributed by atoms with van der Waals surface area (Å²) < 4.78 is 5.12. The summed E-state index contributed by atoms with van der Waals surface area (Å²) in [5, 5.41) is 2.96. The van der Waals surface area contributed by atoms with Gasteiger partial charge in [-0.3, -0.25) is 19.3 Å². The Morgan fingerprint density at radius 3 is 2.29 bits per heavy atom. The lowest BCUT2D eigenvalue weighted by molar-refractivity contribution is -0.123. The maximum Gasteiger partial charge on any atom is 0.338 e. The van der Waals surface area contributed by atoms with E-state index in [1.807, 2.05) is 18.2 Å². The highest BCUT2D eigenvalue weighted by Crippen LogP contribution is 2.61. The van der Waals surface area contributed by atoms with Crippen molar-refractivity contribution in [2.45, 2.75) is 18.8 Å². The van der Waals surface area contributed by atoms with E-state index in [2.05, 4.69) is 17.4 Å². The average Bonchev–Trinajstić information content (AvgIpc) is 3.60. The molecule has 5 atom stereocenters. The van der Waals surface area contributed by atoms with Gasteiger partial charge in [-0.2, -0.15) is 0 Å². The normalized spacial score (nSPS) is 25.4. The number of esters is 1. The van der Waals surface area contributed by atoms with Crippen molar-refractivity contribution in [3.05, 3.63) is 95.0 Å². The number of fused-ring (bicyclic) bond motifs is 5. The number of hydrogen-bond donors (Lipinski definition) is 1. The fourth-order valence-corrected chi connectivity index (χ4v) is 6.69. The molecule has 2 aliphatic carbocycles. The van der Waals surface area contributed by atoms with E-state index in [9.17, 15) is 19.2 Å². The second kappa shape index (κ2) is 9.72. The van der Waals surface area contributed by atoms with Gasteiger partial charge in [0.1, 0.15) is 0 Å². The van der Waals surface area contributed by atoms with Crippen LogP contribution in [0.5, 0.6) is 0 Å². The number of amides is 3. The SMILES string of the molecule is O=C(COC(=O)c1ccc(N2C(=O)[C@@H]3[C@@H]4C[C@@H]([C@H]3C2=O)[C@@H](c2ccccc2)C4)cc1)Nc1ccccc1Cl. The van der Waals surface area contributed by atoms with Crippen LogP contribution >= 0.6 is 11.6 Å². The molecule has 3 amide bonds. The minimum absolute atomic E-state index is 0.148. The number of nitrogens with zero attached hydrogens (tertiary/aromatic N) is 1. The summed E-state index contributed by atoms with van der Waals surface area (Å²) in [6, 6.07) is 23.1. The van der Waals surface area contributed by atoms with Gasteiger partial charge in [0.05, 0.1) is 33.8 Å². The molecule has 38 heavy (non-hydrogen) atoms. The Morgan fingerprint density at radius 1 is 0.868 bits per heavy atom. The maximum absolute atomic E-state index is 13.5. The Balaban J connectivity index is 1.11. The zero-order valence-electron chi connectivity index (χ0n) is 20.4. The lowest BCUT2D eigenvalue weighted by atomic mass is 9.73. The molecule has 3 aromatic carbocycles. The van der Waals surface area contributed by atoms with E-state index in [1.54, 1.807) is 36.4 Å². The Hall–Kier alpha value is -3.97. The molecule has 1 saturated heterocycles. The van der Waals surface area contributed by atoms with Crippen LogP contribution in [0.1, 0.15) is 34.7 Å². The summed E-state index contributed by atoms with van der Waals surface area (Å²) in [5.41, 5.74) is 2.31. The number of carbonyl (C=O) groups is 4. The third-order valence-electron chi connectivity index (χ3n) is 8.09. The van der Waals surface area contributed by atoms with Crippen molar-refractivity contribution in [3.63, 3.8) is 0 Å². The third kappa shape index (κ3) is 4.17. The van der Waals surface area contributed by atoms with Gasteiger partial charge in [0.25, 0.3) is 5.91 Å². The highest BCUT2D eigenvalue weighted by Gasteiger charge is 2.64. The number of hydrogen-bond acceptors (Lipinski definition) is 5. The van der Waals surface area contributed by atoms with Crippen molar-refractivity contribution in [2.75, 3.05) is 16.8 Å². The number of para-hydroxylation sites is 1. The number of halogens is 1. The molecule has 0 radical (unpaired) electrons. The van der Waals surface area contributed by atoms with E-state index in [0.717, 1.165) is 12.8 Å². The van der Waals surface area contributed by atoms with E-state index in [1.165, 1.54) is 22.6 Å². The number of benzene rings is 3. The summed E-state index contributed by atoms with van der Waals surface area (Å²) >= 11 is 6.03. The standard InChI is InChI=1S/C30H25ClN2O5/c31-23-8-4-5-9-24(23)32-25(34)16-38-30(37)18-10-12-20(13-11-18)33-28(35)26-19-14-21(17-6-2-1-3-7-17)22(15-19)27(26)29(33)36/h1-13,19,21-22,26-27H,14-16H2,(H,32,34)/t19-,21+,22+,26+,27+/m0/s1. The minimum atomic E-state index is -0.689. The van der Waals surface area contributed by atoms with Gasteiger partial charge in [-0.15, -0.1) is 0 Å². The molecule has 0 unspecified atom stereocenters. The van der Waals surface area contributed by atoms with Gasteiger partial charge in [0.15, 0.2) is 6.61 Å². The van der Waals surface area contributed by atoms with Gasteiger partial charge in [-0.1, -0.05) is 54.1 Å². The molecule has 0 aromatic heterocycles. The summed E-state index contributed by atoms with van der Waals surface area (Å²) in [5.74, 6) is -1.40. The van der Waals surface area contributed by atoms with E-state index in [0.29, 0.717) is 22.3 Å². The number of imide groups is 1. The smallest absolute Gasteiger partial charge is 0.338 e. The van der Waals surface area contributed by atoms with Crippen molar-refractivity contribution in [3.8, 4) is 0 Å². The molecule has 1 aliphatic heterocycles. The quantitative estimate of drug-likeness (QED) is 0.356. The predicted molar refractivity (Wildman–Crippen MR) is 142 cm³/mol. The van der Waals surface area contributed by atoms with Crippen LogP contribution < -0.4 is 10.2 Å². The number of anilines is 2. The molecular weight excluding hydrogens is 504 g/mol. The fraction of sp³-hybridized carbons (Fsp3) is 0.267. The molecule has 8 heteroatoms. The van der Waals surface area contributed by atoms with Crippen LogP contribution in [0.25, 0.3) is 0 Å². The van der Waals surface area contributed by atoms with Crippen molar-refractivity contribution in [1.82, 2.24) is 0 Å². The lowest BCUT2D eigenvalue weighted by Gasteiger charge is -2.28. The Kier molecular flexibility index (Phi) is 6.24. The number of ether oxygens (including phenoxy) is 1. The summed E-state index contributed by atoms with van der Waals surface area (Å²) in [6.07, 6.45) is 1.84. The molecule has 2 saturated carbocycles. The topological polar surface area (TPSA) is 92.8 Å². The lowest BCUT2D eigenvalue weighted by Crippen LogP contribution is -2.33. The zero-order valence-corrected chi connectivity index (χ0v) is 21.1.